The Morgan fingerprint density at radius 2 is 1.50 bits per heavy atom. The van der Waals surface area contributed by atoms with E-state index in [0.29, 0.717) is 6.42 Å². The normalized spacial score (nSPS) is 40.3. The maximum absolute atomic E-state index is 11.2. The molecule has 0 unspecified atom stereocenters. The van der Waals surface area contributed by atoms with Gasteiger partial charge in [-0.05, 0) is 59.7 Å². The molecule has 0 aromatic heterocycles. The summed E-state index contributed by atoms with van der Waals surface area (Å²) in [5.41, 5.74) is -2.07. The van der Waals surface area contributed by atoms with Gasteiger partial charge >= 0.3 is 0 Å². The Hall–Kier alpha value is -0.0231. The Morgan fingerprint density at radius 1 is 0.929 bits per heavy atom. The molecule has 0 spiro atoms. The molecule has 0 aromatic carbocycles. The van der Waals surface area contributed by atoms with Gasteiger partial charge in [0.25, 0.3) is 0 Å². The summed E-state index contributed by atoms with van der Waals surface area (Å²) in [7, 11) is -2.15. The van der Waals surface area contributed by atoms with Gasteiger partial charge in [-0.15, -0.1) is 0 Å². The quantitative estimate of drug-likeness (QED) is 0.703. The third-order valence-corrected chi connectivity index (χ3v) is 11.4. The van der Waals surface area contributed by atoms with Crippen LogP contribution in [-0.4, -0.2) is 60.6 Å². The van der Waals surface area contributed by atoms with Gasteiger partial charge in [0.15, 0.2) is 19.9 Å². The molecular weight excluding hydrogens is 376 g/mol. The summed E-state index contributed by atoms with van der Waals surface area (Å²) in [5.74, 6) is -1.53. The van der Waals surface area contributed by atoms with Crippen molar-refractivity contribution in [2.24, 2.45) is 0 Å². The molecular formula is C21H40O6Si. The molecule has 7 heteroatoms. The highest BCUT2D eigenvalue weighted by molar-refractivity contribution is 6.74. The molecule has 3 aliphatic rings. The Bertz CT molecular complexity index is 617. The van der Waals surface area contributed by atoms with Crippen LogP contribution in [0.3, 0.4) is 0 Å². The van der Waals surface area contributed by atoms with E-state index in [2.05, 4.69) is 33.9 Å². The summed E-state index contributed by atoms with van der Waals surface area (Å²) in [6.07, 6.45) is -0.826. The molecule has 0 amide bonds. The number of ether oxygens (including phenoxy) is 4. The highest BCUT2D eigenvalue weighted by Gasteiger charge is 2.71. The third-order valence-electron chi connectivity index (χ3n) is 6.92. The Kier molecular flexibility index (Phi) is 5.06. The minimum absolute atomic E-state index is 0.0291. The molecule has 0 aromatic rings. The van der Waals surface area contributed by atoms with Gasteiger partial charge in [-0.3, -0.25) is 0 Å². The van der Waals surface area contributed by atoms with E-state index in [-0.39, 0.29) is 23.4 Å². The Balaban J connectivity index is 2.08. The van der Waals surface area contributed by atoms with Gasteiger partial charge in [0.1, 0.15) is 23.9 Å². The SMILES string of the molecule is CC1(C)O[C@H]2[C@@H](O[Si](C)(C)C(C)(C)C)[C@@H]3OC(C)(C)O[C@]3(C(C)(C)O)C[C@H]2O1. The molecule has 2 heterocycles. The molecule has 164 valence electrons. The second-order valence-electron chi connectivity index (χ2n) is 11.7. The van der Waals surface area contributed by atoms with E-state index in [1.165, 1.54) is 0 Å². The van der Waals surface area contributed by atoms with E-state index in [1.807, 2.05) is 27.7 Å². The van der Waals surface area contributed by atoms with Gasteiger partial charge in [0.2, 0.25) is 0 Å². The highest BCUT2D eigenvalue weighted by atomic mass is 28.4. The molecule has 3 fully saturated rings. The van der Waals surface area contributed by atoms with Crippen LogP contribution in [0.15, 0.2) is 0 Å². The molecule has 28 heavy (non-hydrogen) atoms. The second kappa shape index (κ2) is 6.25. The van der Waals surface area contributed by atoms with Crippen LogP contribution in [0.4, 0.5) is 0 Å². The lowest BCUT2D eigenvalue weighted by molar-refractivity contribution is -0.225. The van der Waals surface area contributed by atoms with E-state index >= 15 is 0 Å². The number of fused-ring (bicyclic) bond motifs is 2. The van der Waals surface area contributed by atoms with Crippen molar-refractivity contribution in [3.05, 3.63) is 0 Å². The van der Waals surface area contributed by atoms with Crippen molar-refractivity contribution in [3.63, 3.8) is 0 Å². The first-order valence-electron chi connectivity index (χ1n) is 10.4. The maximum Gasteiger partial charge on any atom is 0.192 e. The second-order valence-corrected chi connectivity index (χ2v) is 16.4. The average molecular weight is 417 g/mol. The number of hydrogen-bond donors (Lipinski definition) is 1. The van der Waals surface area contributed by atoms with E-state index in [9.17, 15) is 5.11 Å². The Labute approximate surface area is 171 Å². The smallest absolute Gasteiger partial charge is 0.192 e. The van der Waals surface area contributed by atoms with Gasteiger partial charge in [-0.2, -0.15) is 0 Å². The van der Waals surface area contributed by atoms with Crippen LogP contribution in [0.25, 0.3) is 0 Å². The van der Waals surface area contributed by atoms with E-state index in [1.54, 1.807) is 13.8 Å². The minimum Gasteiger partial charge on any atom is -0.408 e. The standard InChI is InChI=1S/C21H40O6Si/c1-17(2,3)28(10,11)26-15-14-13(23-19(6,7)24-14)12-21(18(4,5)22)16(15)25-20(8,9)27-21/h13-16,22H,12H2,1-11H3/t13-,14-,15-,16+,21-/m1/s1. The van der Waals surface area contributed by atoms with Crippen molar-refractivity contribution in [2.75, 3.05) is 0 Å². The van der Waals surface area contributed by atoms with Crippen molar-refractivity contribution in [1.82, 2.24) is 0 Å². The lowest BCUT2D eigenvalue weighted by Gasteiger charge is -2.52. The summed E-state index contributed by atoms with van der Waals surface area (Å²) < 4.78 is 32.3. The summed E-state index contributed by atoms with van der Waals surface area (Å²) in [5, 5.41) is 11.2. The molecule has 1 N–H and O–H groups in total. The van der Waals surface area contributed by atoms with Gasteiger partial charge in [-0.25, -0.2) is 0 Å². The zero-order valence-corrected chi connectivity index (χ0v) is 20.5. The van der Waals surface area contributed by atoms with Gasteiger partial charge in [0, 0.05) is 6.42 Å². The molecule has 1 saturated carbocycles. The number of rotatable bonds is 3. The largest absolute Gasteiger partial charge is 0.408 e. The summed E-state index contributed by atoms with van der Waals surface area (Å²) in [6.45, 7) is 22.3. The van der Waals surface area contributed by atoms with Crippen molar-refractivity contribution in [3.8, 4) is 0 Å². The lowest BCUT2D eigenvalue weighted by Crippen LogP contribution is -2.70. The summed E-state index contributed by atoms with van der Waals surface area (Å²) in [4.78, 5) is 0. The molecule has 2 aliphatic heterocycles. The first-order chi connectivity index (χ1) is 12.3. The van der Waals surface area contributed by atoms with Crippen LogP contribution >= 0.6 is 0 Å². The number of aliphatic hydroxyl groups is 1. The van der Waals surface area contributed by atoms with Crippen LogP contribution in [0, 0.1) is 0 Å². The van der Waals surface area contributed by atoms with Gasteiger partial charge in [0.05, 0.1) is 11.7 Å². The van der Waals surface area contributed by atoms with Gasteiger partial charge < -0.3 is 28.5 Å². The molecule has 3 rings (SSSR count). The highest BCUT2D eigenvalue weighted by Crippen LogP contribution is 2.55. The predicted octanol–water partition coefficient (Wildman–Crippen LogP) is 3.96. The fourth-order valence-corrected chi connectivity index (χ4v) is 5.84. The fraction of sp³-hybridized carbons (Fsp3) is 1.00. The van der Waals surface area contributed by atoms with Crippen LogP contribution in [0.2, 0.25) is 18.1 Å². The monoisotopic (exact) mass is 416 g/mol. The fourth-order valence-electron chi connectivity index (χ4n) is 4.55. The molecule has 0 bridgehead atoms. The third kappa shape index (κ3) is 3.61. The Morgan fingerprint density at radius 3 is 2.00 bits per heavy atom. The average Bonchev–Trinajstić information content (AvgIpc) is 2.88. The van der Waals surface area contributed by atoms with Crippen LogP contribution in [0.1, 0.15) is 68.7 Å². The zero-order chi connectivity index (χ0) is 21.6. The molecule has 0 radical (unpaired) electrons. The van der Waals surface area contributed by atoms with E-state index in [4.69, 9.17) is 23.4 Å². The molecule has 6 nitrogen and oxygen atoms in total. The van der Waals surface area contributed by atoms with E-state index in [0.717, 1.165) is 0 Å². The molecule has 1 aliphatic carbocycles. The first kappa shape index (κ1) is 22.7. The van der Waals surface area contributed by atoms with Crippen molar-refractivity contribution in [1.29, 1.82) is 0 Å². The molecule has 5 atom stereocenters. The van der Waals surface area contributed by atoms with Crippen LogP contribution in [0.5, 0.6) is 0 Å². The van der Waals surface area contributed by atoms with Crippen LogP contribution < -0.4 is 0 Å². The van der Waals surface area contributed by atoms with Crippen molar-refractivity contribution >= 4 is 8.32 Å². The summed E-state index contributed by atoms with van der Waals surface area (Å²) in [6, 6.07) is 0. The van der Waals surface area contributed by atoms with Crippen LogP contribution in [-0.2, 0) is 23.4 Å². The summed E-state index contributed by atoms with van der Waals surface area (Å²) >= 11 is 0. The maximum atomic E-state index is 11.2. The lowest BCUT2D eigenvalue weighted by atomic mass is 9.69. The molecule has 2 saturated heterocycles. The number of hydrogen-bond acceptors (Lipinski definition) is 6. The van der Waals surface area contributed by atoms with Crippen molar-refractivity contribution in [2.45, 2.75) is 134 Å². The first-order valence-corrected chi connectivity index (χ1v) is 13.3. The zero-order valence-electron chi connectivity index (χ0n) is 19.5. The van der Waals surface area contributed by atoms with Gasteiger partial charge in [-0.1, -0.05) is 20.8 Å². The topological polar surface area (TPSA) is 66.4 Å². The van der Waals surface area contributed by atoms with Crippen molar-refractivity contribution < 1.29 is 28.5 Å². The predicted molar refractivity (Wildman–Crippen MR) is 110 cm³/mol. The van der Waals surface area contributed by atoms with E-state index < -0.39 is 37.2 Å². The minimum atomic E-state index is -2.15.